The van der Waals surface area contributed by atoms with Crippen LogP contribution < -0.4 is 0 Å². The Morgan fingerprint density at radius 1 is 1.04 bits per heavy atom. The average Bonchev–Trinajstić information content (AvgIpc) is 2.97. The fourth-order valence-electron chi connectivity index (χ4n) is 2.85. The molecule has 1 heterocycles. The third-order valence-corrected chi connectivity index (χ3v) is 4.00. The molecule has 3 rings (SSSR count). The first-order valence-corrected chi connectivity index (χ1v) is 8.36. The SMILES string of the molecule is CC(C)COC1CC(c2ccccc2)N(Cc2ccccc2)O1. The monoisotopic (exact) mass is 311 g/mol. The zero-order valence-electron chi connectivity index (χ0n) is 13.9. The van der Waals surface area contributed by atoms with E-state index in [2.05, 4.69) is 67.4 Å². The maximum Gasteiger partial charge on any atom is 0.179 e. The molecule has 1 aliphatic heterocycles. The van der Waals surface area contributed by atoms with Gasteiger partial charge >= 0.3 is 0 Å². The Hall–Kier alpha value is -1.68. The molecule has 1 aliphatic rings. The molecule has 1 fully saturated rings. The van der Waals surface area contributed by atoms with E-state index in [1.165, 1.54) is 11.1 Å². The standard InChI is InChI=1S/C20H25NO2/c1-16(2)15-22-20-13-19(18-11-7-4-8-12-18)21(23-20)14-17-9-5-3-6-10-17/h3-12,16,19-20H,13-15H2,1-2H3. The van der Waals surface area contributed by atoms with Crippen molar-refractivity contribution in [2.75, 3.05) is 6.61 Å². The molecule has 0 amide bonds. The van der Waals surface area contributed by atoms with E-state index in [0.29, 0.717) is 5.92 Å². The smallest absolute Gasteiger partial charge is 0.179 e. The van der Waals surface area contributed by atoms with E-state index in [-0.39, 0.29) is 12.3 Å². The highest BCUT2D eigenvalue weighted by Crippen LogP contribution is 2.35. The predicted molar refractivity (Wildman–Crippen MR) is 91.4 cm³/mol. The largest absolute Gasteiger partial charge is 0.350 e. The fraction of sp³-hybridized carbons (Fsp3) is 0.400. The number of hydroxylamine groups is 2. The lowest BCUT2D eigenvalue weighted by atomic mass is 10.0. The Balaban J connectivity index is 1.73. The Labute approximate surface area is 138 Å². The molecule has 2 atom stereocenters. The maximum absolute atomic E-state index is 6.09. The Morgan fingerprint density at radius 3 is 2.35 bits per heavy atom. The van der Waals surface area contributed by atoms with E-state index in [4.69, 9.17) is 9.57 Å². The van der Waals surface area contributed by atoms with Crippen molar-refractivity contribution in [3.63, 3.8) is 0 Å². The van der Waals surface area contributed by atoms with Gasteiger partial charge in [-0.3, -0.25) is 4.84 Å². The lowest BCUT2D eigenvalue weighted by Crippen LogP contribution is -2.23. The summed E-state index contributed by atoms with van der Waals surface area (Å²) in [5.41, 5.74) is 2.53. The molecule has 0 radical (unpaired) electrons. The van der Waals surface area contributed by atoms with Crippen LogP contribution in [0, 0.1) is 5.92 Å². The second kappa shape index (κ2) is 7.73. The van der Waals surface area contributed by atoms with Gasteiger partial charge in [-0.15, -0.1) is 0 Å². The van der Waals surface area contributed by atoms with Crippen LogP contribution in [0.2, 0.25) is 0 Å². The van der Waals surface area contributed by atoms with Crippen molar-refractivity contribution in [1.29, 1.82) is 0 Å². The molecule has 3 nitrogen and oxygen atoms in total. The van der Waals surface area contributed by atoms with Crippen LogP contribution >= 0.6 is 0 Å². The first-order valence-electron chi connectivity index (χ1n) is 8.36. The molecule has 122 valence electrons. The summed E-state index contributed by atoms with van der Waals surface area (Å²) in [6.45, 7) is 5.81. The molecule has 0 aromatic heterocycles. The summed E-state index contributed by atoms with van der Waals surface area (Å²) in [6, 6.07) is 21.2. The molecule has 0 aliphatic carbocycles. The number of hydrogen-bond acceptors (Lipinski definition) is 3. The van der Waals surface area contributed by atoms with Gasteiger partial charge in [0, 0.05) is 13.0 Å². The van der Waals surface area contributed by atoms with E-state index in [9.17, 15) is 0 Å². The van der Waals surface area contributed by atoms with Crippen LogP contribution in [0.4, 0.5) is 0 Å². The van der Waals surface area contributed by atoms with Crippen molar-refractivity contribution in [3.05, 3.63) is 71.8 Å². The van der Waals surface area contributed by atoms with Crippen molar-refractivity contribution < 1.29 is 9.57 Å². The van der Waals surface area contributed by atoms with E-state index in [1.807, 2.05) is 12.1 Å². The molecular weight excluding hydrogens is 286 g/mol. The Bertz CT molecular complexity index is 585. The van der Waals surface area contributed by atoms with Gasteiger partial charge in [-0.25, -0.2) is 0 Å². The van der Waals surface area contributed by atoms with E-state index >= 15 is 0 Å². The van der Waals surface area contributed by atoms with Gasteiger partial charge in [0.15, 0.2) is 6.29 Å². The molecule has 0 bridgehead atoms. The van der Waals surface area contributed by atoms with Gasteiger partial charge in [0.05, 0.1) is 12.6 Å². The van der Waals surface area contributed by atoms with Gasteiger partial charge in [0.25, 0.3) is 0 Å². The molecule has 23 heavy (non-hydrogen) atoms. The minimum atomic E-state index is -0.161. The van der Waals surface area contributed by atoms with Gasteiger partial charge in [-0.2, -0.15) is 5.06 Å². The van der Waals surface area contributed by atoms with Crippen LogP contribution in [0.1, 0.15) is 37.4 Å². The van der Waals surface area contributed by atoms with Crippen LogP contribution in [0.25, 0.3) is 0 Å². The Morgan fingerprint density at radius 2 is 1.70 bits per heavy atom. The minimum Gasteiger partial charge on any atom is -0.350 e. The molecule has 3 heteroatoms. The zero-order chi connectivity index (χ0) is 16.1. The van der Waals surface area contributed by atoms with E-state index in [1.54, 1.807) is 0 Å². The van der Waals surface area contributed by atoms with Crippen molar-refractivity contribution in [3.8, 4) is 0 Å². The summed E-state index contributed by atoms with van der Waals surface area (Å²) in [5.74, 6) is 0.511. The van der Waals surface area contributed by atoms with Crippen LogP contribution in [0.3, 0.4) is 0 Å². The number of hydrogen-bond donors (Lipinski definition) is 0. The van der Waals surface area contributed by atoms with Gasteiger partial charge in [-0.1, -0.05) is 74.5 Å². The second-order valence-electron chi connectivity index (χ2n) is 6.49. The molecule has 2 aromatic rings. The number of rotatable bonds is 6. The van der Waals surface area contributed by atoms with Crippen molar-refractivity contribution in [1.82, 2.24) is 5.06 Å². The van der Waals surface area contributed by atoms with E-state index in [0.717, 1.165) is 19.6 Å². The molecule has 2 aromatic carbocycles. The maximum atomic E-state index is 6.09. The molecule has 0 saturated carbocycles. The van der Waals surface area contributed by atoms with Crippen molar-refractivity contribution in [2.45, 2.75) is 39.1 Å². The van der Waals surface area contributed by atoms with Crippen LogP contribution in [-0.2, 0) is 16.1 Å². The predicted octanol–water partition coefficient (Wildman–Crippen LogP) is 4.56. The van der Waals surface area contributed by atoms with Gasteiger partial charge in [-0.05, 0) is 17.0 Å². The highest BCUT2D eigenvalue weighted by molar-refractivity contribution is 5.20. The number of nitrogens with zero attached hydrogens (tertiary/aromatic N) is 1. The molecule has 1 saturated heterocycles. The van der Waals surface area contributed by atoms with Gasteiger partial charge in [0.1, 0.15) is 0 Å². The zero-order valence-corrected chi connectivity index (χ0v) is 13.9. The molecule has 0 N–H and O–H groups in total. The summed E-state index contributed by atoms with van der Waals surface area (Å²) in [5, 5.41) is 2.07. The van der Waals surface area contributed by atoms with Crippen molar-refractivity contribution in [2.24, 2.45) is 5.92 Å². The summed E-state index contributed by atoms with van der Waals surface area (Å²) in [6.07, 6.45) is 0.704. The summed E-state index contributed by atoms with van der Waals surface area (Å²) < 4.78 is 5.92. The normalized spacial score (nSPS) is 21.9. The van der Waals surface area contributed by atoms with Crippen LogP contribution in [-0.4, -0.2) is 18.0 Å². The first-order chi connectivity index (χ1) is 11.2. The third kappa shape index (κ3) is 4.41. The number of ether oxygens (including phenoxy) is 1. The second-order valence-corrected chi connectivity index (χ2v) is 6.49. The fourth-order valence-corrected chi connectivity index (χ4v) is 2.85. The average molecular weight is 311 g/mol. The van der Waals surface area contributed by atoms with Gasteiger partial charge in [0.2, 0.25) is 0 Å². The lowest BCUT2D eigenvalue weighted by molar-refractivity contribution is -0.247. The quantitative estimate of drug-likeness (QED) is 0.780. The molecular formula is C20H25NO2. The van der Waals surface area contributed by atoms with Crippen LogP contribution in [0.5, 0.6) is 0 Å². The Kier molecular flexibility index (Phi) is 5.44. The third-order valence-electron chi connectivity index (χ3n) is 4.00. The molecule has 2 unspecified atom stereocenters. The topological polar surface area (TPSA) is 21.7 Å². The number of benzene rings is 2. The summed E-state index contributed by atoms with van der Waals surface area (Å²) in [4.78, 5) is 6.09. The van der Waals surface area contributed by atoms with Crippen molar-refractivity contribution >= 4 is 0 Å². The summed E-state index contributed by atoms with van der Waals surface area (Å²) in [7, 11) is 0. The van der Waals surface area contributed by atoms with Gasteiger partial charge < -0.3 is 4.74 Å². The highest BCUT2D eigenvalue weighted by atomic mass is 16.8. The first kappa shape index (κ1) is 16.2. The minimum absolute atomic E-state index is 0.161. The highest BCUT2D eigenvalue weighted by Gasteiger charge is 2.35. The van der Waals surface area contributed by atoms with Crippen LogP contribution in [0.15, 0.2) is 60.7 Å². The lowest BCUT2D eigenvalue weighted by Gasteiger charge is -2.22. The van der Waals surface area contributed by atoms with E-state index < -0.39 is 0 Å². The molecule has 0 spiro atoms. The summed E-state index contributed by atoms with van der Waals surface area (Å²) >= 11 is 0.